The standard InChI is InChI=1S/C23H32N4O3S2.C23H29N3O2S.C22H25ClN2O3S.C22H28N2O2S.C21H24ClN3OS/c1-24(2)32(29,30)19-8-9-23-21(18-19)27(20-6-3-4-7-22(20)31-23)11-5-10-25-12-14-26(15-13-25)16-17-28;1-18(28)19-7-8-23-21(17-19)26(20-5-2-3-6-22(20)29-23)10-4-9-24-11-13-25(14-12-24)15-16-27;23-17-8-9-21-19(16-17)25(18-6-2-3-7-20(18)29-21)22(26)28-15-14-27-13-12-24-10-4-1-5-11-24;1-16(14-23-11-9-17(25)10-12-23)15-24-19-5-3-4-6-21(19)27-22-8-7-18(26-2)13-20(22)24;22-16-6-7-20-18(14-16)25(17-4-1-2-5-19(17)27-20)11-3-10-24-12-8-15(9-13-24)21(23)26/h3-4,6-9,18,28H,5,10-17H2,1-2H3;2-3,5-8,17,27H,4,9-16H2,1H3;2-3,6-9,16H,1,4-5,10-15H2;3-8,13,16-17,25H,9-12,14-15H2,1-2H3;1-2,4-7,14-15H,3,8-13H2,(H2,23,26). The van der Waals surface area contributed by atoms with Crippen LogP contribution in [0.25, 0.3) is 0 Å². The monoisotopic (exact) mass is 2100 g/mol. The first kappa shape index (κ1) is 108. The van der Waals surface area contributed by atoms with Crippen molar-refractivity contribution < 1.29 is 52.3 Å². The summed E-state index contributed by atoms with van der Waals surface area (Å²) in [5.41, 5.74) is 17.2. The molecule has 10 aromatic carbocycles. The number of fused-ring (bicyclic) bond motifs is 10. The van der Waals surface area contributed by atoms with Gasteiger partial charge in [0.05, 0.1) is 101 Å². The normalized spacial score (nSPS) is 17.4. The SMILES string of the molecule is CC(=O)c1ccc2c(c1)N(CCCN1CCN(CCO)CC1)c1ccccc1S2.CN(C)S(=O)(=O)c1ccc2c(c1)N(CCCN1CCN(CCO)CC1)c1ccccc1S2.COc1ccc2c(c1)N(CC(C)CN1CCC(O)CC1)c1ccccc1S2.NC(=O)C1CCN(CCCN2c3ccccc3Sc3ccc(Cl)cc32)CC1.O=C(OCCOCCN1CCCCC1)N1c2ccccc2Sc2ccc(Cl)cc21. The highest BCUT2D eigenvalue weighted by Crippen LogP contribution is 2.55. The number of nitrogens with zero attached hydrogens (tertiary/aromatic N) is 13. The van der Waals surface area contributed by atoms with Crippen LogP contribution in [0.15, 0.2) is 266 Å². The van der Waals surface area contributed by atoms with Crippen LogP contribution in [0.3, 0.4) is 0 Å². The van der Waals surface area contributed by atoms with Crippen LogP contribution in [-0.4, -0.2) is 304 Å². The van der Waals surface area contributed by atoms with Crippen molar-refractivity contribution in [3.63, 3.8) is 0 Å². The number of rotatable bonds is 31. The van der Waals surface area contributed by atoms with Crippen LogP contribution in [0, 0.1) is 11.8 Å². The van der Waals surface area contributed by atoms with Gasteiger partial charge in [0.15, 0.2) is 5.78 Å². The molecule has 25 nitrogen and oxygen atoms in total. The van der Waals surface area contributed by atoms with Gasteiger partial charge in [-0.2, -0.15) is 0 Å². The first-order valence-corrected chi connectivity index (χ1v) is 57.0. The number of anilines is 10. The molecule has 1 unspecified atom stereocenters. The minimum absolute atomic E-state index is 0.0567. The number of sulfonamides is 1. The van der Waals surface area contributed by atoms with Crippen LogP contribution in [0.4, 0.5) is 61.7 Å². The van der Waals surface area contributed by atoms with E-state index in [1.807, 2.05) is 96.7 Å². The maximum atomic E-state index is 12.9. The van der Waals surface area contributed by atoms with Gasteiger partial charge in [0.25, 0.3) is 0 Å². The second kappa shape index (κ2) is 53.0. The lowest BCUT2D eigenvalue weighted by Crippen LogP contribution is -2.47. The summed E-state index contributed by atoms with van der Waals surface area (Å²) >= 11 is 21.2. The highest BCUT2D eigenvalue weighted by atomic mass is 35.5. The van der Waals surface area contributed by atoms with E-state index in [9.17, 15) is 27.9 Å². The summed E-state index contributed by atoms with van der Waals surface area (Å²) < 4.78 is 43.4. The number of aliphatic hydroxyl groups is 3. The van der Waals surface area contributed by atoms with Gasteiger partial charge in [-0.05, 0) is 256 Å². The number of amides is 2. The number of para-hydroxylation sites is 5. The molecule has 0 aromatic heterocycles. The van der Waals surface area contributed by atoms with Gasteiger partial charge in [-0.1, -0.05) is 162 Å². The molecule has 10 aliphatic heterocycles. The third-order valence-electron chi connectivity index (χ3n) is 27.9. The van der Waals surface area contributed by atoms with Crippen molar-refractivity contribution >= 4 is 167 Å². The number of piperidine rings is 3. The van der Waals surface area contributed by atoms with Gasteiger partial charge in [-0.3, -0.25) is 19.4 Å². The number of aliphatic hydroxyl groups excluding tert-OH is 3. The van der Waals surface area contributed by atoms with Crippen molar-refractivity contribution in [1.29, 1.82) is 0 Å². The van der Waals surface area contributed by atoms with E-state index in [4.69, 9.17) is 53.4 Å². The zero-order valence-corrected chi connectivity index (χ0v) is 89.8. The lowest BCUT2D eigenvalue weighted by atomic mass is 9.96. The molecule has 768 valence electrons. The molecular weight excluding hydrogens is 1970 g/mol. The van der Waals surface area contributed by atoms with Crippen LogP contribution >= 0.6 is 82.0 Å². The van der Waals surface area contributed by atoms with Gasteiger partial charge in [-0.15, -0.1) is 0 Å². The van der Waals surface area contributed by atoms with Crippen LogP contribution < -0.4 is 35.0 Å². The molecule has 5 fully saturated rings. The maximum absolute atomic E-state index is 12.9. The molecule has 0 saturated carbocycles. The Labute approximate surface area is 882 Å². The Hall–Kier alpha value is -8.59. The first-order valence-electron chi connectivity index (χ1n) is 50.8. The largest absolute Gasteiger partial charge is 0.497 e. The molecule has 33 heteroatoms. The number of ketones is 1. The molecular formula is C111H138Cl2N14O11S6. The van der Waals surface area contributed by atoms with E-state index in [2.05, 4.69) is 176 Å². The molecule has 0 spiro atoms. The number of likely N-dealkylation sites (tertiary alicyclic amines) is 3. The summed E-state index contributed by atoms with van der Waals surface area (Å²) in [5, 5.41) is 29.3. The van der Waals surface area contributed by atoms with Gasteiger partial charge in [0.2, 0.25) is 15.9 Å². The quantitative estimate of drug-likeness (QED) is 0.0233. The van der Waals surface area contributed by atoms with Crippen molar-refractivity contribution in [3.8, 4) is 5.75 Å². The van der Waals surface area contributed by atoms with Gasteiger partial charge in [0, 0.05) is 208 Å². The molecule has 1 atom stereocenters. The lowest BCUT2D eigenvalue weighted by molar-refractivity contribution is -0.123. The summed E-state index contributed by atoms with van der Waals surface area (Å²) in [4.78, 5) is 76.5. The Kier molecular flexibility index (Phi) is 39.8. The number of methoxy groups -OCH3 is 1. The summed E-state index contributed by atoms with van der Waals surface area (Å²) in [6.07, 6.45) is 10.1. The van der Waals surface area contributed by atoms with Gasteiger partial charge >= 0.3 is 6.09 Å². The summed E-state index contributed by atoms with van der Waals surface area (Å²) in [5.74, 6) is 1.44. The number of ether oxygens (including phenoxy) is 3. The highest BCUT2D eigenvalue weighted by Gasteiger charge is 2.35. The summed E-state index contributed by atoms with van der Waals surface area (Å²) in [7, 11) is 1.37. The molecule has 0 bridgehead atoms. The number of carbonyl (C=O) groups excluding carboxylic acids is 3. The fraction of sp³-hybridized carbons (Fsp3) is 0.432. The summed E-state index contributed by atoms with van der Waals surface area (Å²) in [6.45, 7) is 30.5. The minimum Gasteiger partial charge on any atom is -0.497 e. The molecule has 10 aliphatic rings. The number of β-amino-alcohol motifs (C(OH)–C–C–N with tert-alkyl or cyclic N) is 2. The zero-order valence-electron chi connectivity index (χ0n) is 83.4. The predicted molar refractivity (Wildman–Crippen MR) is 588 cm³/mol. The van der Waals surface area contributed by atoms with E-state index in [0.29, 0.717) is 29.0 Å². The molecule has 0 radical (unpaired) electrons. The molecule has 20 rings (SSSR count). The number of halogens is 2. The number of hydrogen-bond donors (Lipinski definition) is 4. The number of hydrogen-bond acceptors (Lipinski definition) is 27. The van der Waals surface area contributed by atoms with E-state index < -0.39 is 16.1 Å². The third kappa shape index (κ3) is 28.5. The van der Waals surface area contributed by atoms with Crippen molar-refractivity contribution in [2.45, 2.75) is 138 Å². The average Bonchev–Trinajstić information content (AvgIpc) is 0.753. The molecule has 5 N–H and O–H groups in total. The fourth-order valence-corrected chi connectivity index (χ4v) is 26.6. The third-order valence-corrected chi connectivity index (χ3v) is 35.8. The molecule has 10 heterocycles. The second-order valence-electron chi connectivity index (χ2n) is 38.1. The Balaban J connectivity index is 0.000000129. The zero-order chi connectivity index (χ0) is 101. The van der Waals surface area contributed by atoms with E-state index in [1.165, 1.54) is 86.3 Å². The lowest BCUT2D eigenvalue weighted by Gasteiger charge is -2.37. The highest BCUT2D eigenvalue weighted by molar-refractivity contribution is 8.00. The number of Topliss-reactive ketones (excluding diaryl/α,β-unsaturated/α-hetero) is 1. The predicted octanol–water partition coefficient (Wildman–Crippen LogP) is 20.5. The molecule has 10 aromatic rings. The molecule has 144 heavy (non-hydrogen) atoms. The maximum Gasteiger partial charge on any atom is 0.419 e. The van der Waals surface area contributed by atoms with Crippen LogP contribution in [0.2, 0.25) is 10.0 Å². The fourth-order valence-electron chi connectivity index (χ4n) is 20.0. The van der Waals surface area contributed by atoms with Crippen LogP contribution in [0.1, 0.15) is 88.4 Å². The van der Waals surface area contributed by atoms with Gasteiger partial charge in [-0.25, -0.2) is 22.4 Å². The first-order chi connectivity index (χ1) is 70.0. The molecule has 5 saturated heterocycles. The average molecular weight is 2110 g/mol. The van der Waals surface area contributed by atoms with Crippen molar-refractivity contribution in [2.24, 2.45) is 17.6 Å². The van der Waals surface area contributed by atoms with Crippen LogP contribution in [0.5, 0.6) is 5.75 Å². The van der Waals surface area contributed by atoms with Gasteiger partial charge in [0.1, 0.15) is 12.4 Å². The number of piperazine rings is 2. The number of benzene rings is 10. The number of carbonyl (C=O) groups is 3. The Morgan fingerprint density at radius 1 is 0.410 bits per heavy atom. The minimum atomic E-state index is -3.49. The Morgan fingerprint density at radius 3 is 1.27 bits per heavy atom. The second-order valence-corrected chi connectivity index (χ2v) is 46.6. The number of primary amides is 1. The smallest absolute Gasteiger partial charge is 0.419 e. The topological polar surface area (TPSA) is 242 Å². The molecule has 2 amide bonds. The van der Waals surface area contributed by atoms with Crippen molar-refractivity contribution in [1.82, 2.24) is 38.6 Å². The number of nitrogens with two attached hydrogens (primary N) is 1. The molecule has 0 aliphatic carbocycles. The van der Waals surface area contributed by atoms with E-state index in [1.54, 1.807) is 92.2 Å². The Morgan fingerprint density at radius 2 is 0.799 bits per heavy atom. The van der Waals surface area contributed by atoms with Gasteiger partial charge < -0.3 is 79.4 Å². The van der Waals surface area contributed by atoms with Crippen LogP contribution in [-0.2, 0) is 24.3 Å². The van der Waals surface area contributed by atoms with Crippen molar-refractivity contribution in [3.05, 3.63) is 228 Å². The van der Waals surface area contributed by atoms with E-state index in [0.717, 1.165) is 268 Å². The van der Waals surface area contributed by atoms with E-state index >= 15 is 0 Å². The van der Waals surface area contributed by atoms with Crippen molar-refractivity contribution in [2.75, 3.05) is 242 Å². The summed E-state index contributed by atoms with van der Waals surface area (Å²) in [6, 6.07) is 71.5. The Bertz CT molecular complexity index is 6070. The van der Waals surface area contributed by atoms with E-state index in [-0.39, 0.29) is 43.5 Å².